The van der Waals surface area contributed by atoms with Gasteiger partial charge in [-0.25, -0.2) is 35.2 Å². The number of halogens is 5. The van der Waals surface area contributed by atoms with Crippen LogP contribution >= 0.6 is 0 Å². The molecule has 12 heteroatoms. The highest BCUT2D eigenvalue weighted by atomic mass is 32.2. The molecule has 0 spiro atoms. The highest BCUT2D eigenvalue weighted by Crippen LogP contribution is 2.24. The summed E-state index contributed by atoms with van der Waals surface area (Å²) in [4.78, 5) is 11.9. The number of sulfonamides is 1. The first-order valence-electron chi connectivity index (χ1n) is 8.50. The highest BCUT2D eigenvalue weighted by Gasteiger charge is 2.28. The monoisotopic (exact) mass is 451 g/mol. The van der Waals surface area contributed by atoms with Crippen molar-refractivity contribution in [3.05, 3.63) is 64.5 Å². The van der Waals surface area contributed by atoms with E-state index in [0.29, 0.717) is 0 Å². The van der Waals surface area contributed by atoms with Crippen molar-refractivity contribution in [3.8, 4) is 0 Å². The number of carbonyl (C=O) groups excluding carboxylic acids is 1. The zero-order valence-electron chi connectivity index (χ0n) is 15.1. The van der Waals surface area contributed by atoms with Crippen molar-refractivity contribution in [1.29, 1.82) is 0 Å². The molecule has 2 aromatic carbocycles. The maximum atomic E-state index is 13.7. The van der Waals surface area contributed by atoms with Gasteiger partial charge in [-0.2, -0.15) is 4.31 Å². The van der Waals surface area contributed by atoms with Crippen molar-refractivity contribution in [3.63, 3.8) is 0 Å². The Kier molecular flexibility index (Phi) is 6.38. The fourth-order valence-corrected chi connectivity index (χ4v) is 4.17. The molecule has 0 saturated carbocycles. The fourth-order valence-electron chi connectivity index (χ4n) is 2.72. The van der Waals surface area contributed by atoms with Gasteiger partial charge in [0.15, 0.2) is 23.3 Å². The zero-order valence-corrected chi connectivity index (χ0v) is 15.9. The van der Waals surface area contributed by atoms with Crippen LogP contribution in [0.4, 0.5) is 22.0 Å². The molecule has 0 bridgehead atoms. The smallest absolute Gasteiger partial charge is 0.338 e. The van der Waals surface area contributed by atoms with E-state index in [1.807, 2.05) is 0 Å². The molecule has 1 saturated heterocycles. The van der Waals surface area contributed by atoms with Crippen LogP contribution in [0.1, 0.15) is 15.9 Å². The van der Waals surface area contributed by atoms with Gasteiger partial charge in [-0.15, -0.1) is 0 Å². The zero-order chi connectivity index (χ0) is 22.1. The largest absolute Gasteiger partial charge is 0.457 e. The summed E-state index contributed by atoms with van der Waals surface area (Å²) in [6.07, 6.45) is 0. The van der Waals surface area contributed by atoms with Crippen LogP contribution in [0.3, 0.4) is 0 Å². The number of benzene rings is 2. The molecule has 1 aliphatic rings. The predicted octanol–water partition coefficient (Wildman–Crippen LogP) is 2.76. The van der Waals surface area contributed by atoms with Gasteiger partial charge in [0, 0.05) is 13.1 Å². The number of esters is 1. The lowest BCUT2D eigenvalue weighted by molar-refractivity contribution is 0.0461. The van der Waals surface area contributed by atoms with Gasteiger partial charge in [-0.1, -0.05) is 6.07 Å². The Morgan fingerprint density at radius 2 is 1.53 bits per heavy atom. The minimum absolute atomic E-state index is 0.122. The SMILES string of the molecule is O=C(OCc1c(F)c(F)c(F)c(F)c1F)c1cccc(S(=O)(=O)N2CCOCC2)c1. The van der Waals surface area contributed by atoms with Crippen LogP contribution in [0, 0.1) is 29.1 Å². The Labute approximate surface area is 167 Å². The van der Waals surface area contributed by atoms with Crippen LogP contribution in [0.25, 0.3) is 0 Å². The summed E-state index contributed by atoms with van der Waals surface area (Å²) in [5.74, 6) is -12.1. The van der Waals surface area contributed by atoms with Gasteiger partial charge in [0.25, 0.3) is 0 Å². The Balaban J connectivity index is 1.80. The third-order valence-electron chi connectivity index (χ3n) is 4.33. The van der Waals surface area contributed by atoms with E-state index in [1.54, 1.807) is 0 Å². The van der Waals surface area contributed by atoms with E-state index in [1.165, 1.54) is 18.2 Å². The molecule has 0 unspecified atom stereocenters. The van der Waals surface area contributed by atoms with Gasteiger partial charge in [-0.3, -0.25) is 0 Å². The summed E-state index contributed by atoms with van der Waals surface area (Å²) < 4.78 is 103. The summed E-state index contributed by atoms with van der Waals surface area (Å²) in [5, 5.41) is 0. The van der Waals surface area contributed by atoms with Crippen LogP contribution < -0.4 is 0 Å². The van der Waals surface area contributed by atoms with Crippen molar-refractivity contribution >= 4 is 16.0 Å². The topological polar surface area (TPSA) is 72.9 Å². The van der Waals surface area contributed by atoms with Gasteiger partial charge in [0.1, 0.15) is 6.61 Å². The van der Waals surface area contributed by atoms with Crippen molar-refractivity contribution in [2.45, 2.75) is 11.5 Å². The second kappa shape index (κ2) is 8.66. The van der Waals surface area contributed by atoms with Crippen molar-refractivity contribution in [2.75, 3.05) is 26.3 Å². The number of rotatable bonds is 5. The molecule has 3 rings (SSSR count). The van der Waals surface area contributed by atoms with E-state index in [4.69, 9.17) is 4.74 Å². The lowest BCUT2D eigenvalue weighted by Crippen LogP contribution is -2.40. The molecular formula is C18H14F5NO5S. The van der Waals surface area contributed by atoms with Crippen LogP contribution in [0.5, 0.6) is 0 Å². The number of morpholine rings is 1. The maximum absolute atomic E-state index is 13.7. The van der Waals surface area contributed by atoms with Crippen LogP contribution in [-0.4, -0.2) is 45.0 Å². The van der Waals surface area contributed by atoms with E-state index in [2.05, 4.69) is 4.74 Å². The normalized spacial score (nSPS) is 15.2. The van der Waals surface area contributed by atoms with E-state index in [0.717, 1.165) is 10.4 Å². The molecule has 1 aliphatic heterocycles. The highest BCUT2D eigenvalue weighted by molar-refractivity contribution is 7.89. The van der Waals surface area contributed by atoms with Crippen LogP contribution in [-0.2, 0) is 26.1 Å². The molecule has 0 amide bonds. The molecule has 162 valence electrons. The Morgan fingerprint density at radius 3 is 2.13 bits per heavy atom. The number of nitrogens with zero attached hydrogens (tertiary/aromatic N) is 1. The second-order valence-electron chi connectivity index (χ2n) is 6.17. The molecule has 0 radical (unpaired) electrons. The molecule has 1 heterocycles. The molecular weight excluding hydrogens is 437 g/mol. The van der Waals surface area contributed by atoms with E-state index >= 15 is 0 Å². The predicted molar refractivity (Wildman–Crippen MR) is 91.4 cm³/mol. The molecule has 0 aromatic heterocycles. The average Bonchev–Trinajstić information content (AvgIpc) is 2.76. The molecule has 0 aliphatic carbocycles. The fraction of sp³-hybridized carbons (Fsp3) is 0.278. The molecule has 2 aromatic rings. The summed E-state index contributed by atoms with van der Waals surface area (Å²) in [6.45, 7) is -0.578. The number of hydrogen-bond donors (Lipinski definition) is 0. The summed E-state index contributed by atoms with van der Waals surface area (Å²) >= 11 is 0. The van der Waals surface area contributed by atoms with Gasteiger partial charge >= 0.3 is 5.97 Å². The van der Waals surface area contributed by atoms with Crippen molar-refractivity contribution in [2.24, 2.45) is 0 Å². The second-order valence-corrected chi connectivity index (χ2v) is 8.11. The van der Waals surface area contributed by atoms with Crippen LogP contribution in [0.2, 0.25) is 0 Å². The lowest BCUT2D eigenvalue weighted by atomic mass is 10.2. The van der Waals surface area contributed by atoms with Crippen molar-refractivity contribution in [1.82, 2.24) is 4.31 Å². The number of hydrogen-bond acceptors (Lipinski definition) is 5. The van der Waals surface area contributed by atoms with Gasteiger partial charge in [-0.05, 0) is 18.2 Å². The van der Waals surface area contributed by atoms with Gasteiger partial charge in [0.05, 0.1) is 29.2 Å². The number of ether oxygens (including phenoxy) is 2. The van der Waals surface area contributed by atoms with Gasteiger partial charge in [0.2, 0.25) is 15.8 Å². The minimum atomic E-state index is -3.93. The Hall–Kier alpha value is -2.57. The Bertz CT molecular complexity index is 1060. The van der Waals surface area contributed by atoms with Crippen molar-refractivity contribution < 1.29 is 44.6 Å². The van der Waals surface area contributed by atoms with Crippen LogP contribution in [0.15, 0.2) is 29.2 Å². The lowest BCUT2D eigenvalue weighted by Gasteiger charge is -2.26. The van der Waals surface area contributed by atoms with E-state index in [-0.39, 0.29) is 36.8 Å². The summed E-state index contributed by atoms with van der Waals surface area (Å²) in [7, 11) is -3.93. The average molecular weight is 451 g/mol. The first-order valence-corrected chi connectivity index (χ1v) is 9.94. The number of carbonyl (C=O) groups is 1. The quantitative estimate of drug-likeness (QED) is 0.303. The molecule has 0 N–H and O–H groups in total. The Morgan fingerprint density at radius 1 is 0.967 bits per heavy atom. The minimum Gasteiger partial charge on any atom is -0.457 e. The molecule has 1 fully saturated rings. The van der Waals surface area contributed by atoms with Gasteiger partial charge < -0.3 is 9.47 Å². The van der Waals surface area contributed by atoms with E-state index < -0.39 is 57.2 Å². The van der Waals surface area contributed by atoms with E-state index in [9.17, 15) is 35.2 Å². The summed E-state index contributed by atoms with van der Waals surface area (Å²) in [6, 6.07) is 4.67. The molecule has 30 heavy (non-hydrogen) atoms. The standard InChI is InChI=1S/C18H14F5NO5S/c19-13-12(14(20)16(22)17(23)15(13)21)9-29-18(25)10-2-1-3-11(8-10)30(26,27)24-4-6-28-7-5-24/h1-3,8H,4-7,9H2. The first kappa shape index (κ1) is 22.1. The maximum Gasteiger partial charge on any atom is 0.338 e. The third kappa shape index (κ3) is 4.16. The first-order chi connectivity index (χ1) is 14.1. The molecule has 6 nitrogen and oxygen atoms in total. The summed E-state index contributed by atoms with van der Waals surface area (Å²) in [5.41, 5.74) is -1.61. The third-order valence-corrected chi connectivity index (χ3v) is 6.22. The molecule has 0 atom stereocenters.